The standard InChI is InChI=1S/C28H39N5.2ClH/c1-5-7-14-31-16-18-32(19-17-31)15-8-9-24-10-12-25(13-11-24)21-33-26(6-2)30-27-22(3)20-23(4)29-28(27)33;;/h8-13,20H,5-7,14-19,21H2,1-4H3;2*1H/b9-8+;;. The SMILES string of the molecule is CCCCN1CCN(C/C=C/c2ccc(Cn3c(CC)nc4c(C)cc(C)nc43)cc2)CC1.Cl.Cl. The van der Waals surface area contributed by atoms with E-state index in [2.05, 4.69) is 84.5 Å². The molecule has 35 heavy (non-hydrogen) atoms. The Balaban J connectivity index is 0.00000216. The van der Waals surface area contributed by atoms with Gasteiger partial charge in [-0.25, -0.2) is 9.97 Å². The van der Waals surface area contributed by atoms with Crippen LogP contribution in [0.25, 0.3) is 17.2 Å². The largest absolute Gasteiger partial charge is 0.308 e. The van der Waals surface area contributed by atoms with Gasteiger partial charge in [-0.15, -0.1) is 24.8 Å². The van der Waals surface area contributed by atoms with Crippen molar-refractivity contribution in [3.8, 4) is 0 Å². The Morgan fingerprint density at radius 2 is 1.60 bits per heavy atom. The van der Waals surface area contributed by atoms with Crippen LogP contribution in [0.5, 0.6) is 0 Å². The van der Waals surface area contributed by atoms with E-state index in [1.54, 1.807) is 0 Å². The molecule has 3 heterocycles. The molecular formula is C28H41Cl2N5. The molecule has 0 saturated carbocycles. The third-order valence-electron chi connectivity index (χ3n) is 6.70. The van der Waals surface area contributed by atoms with Gasteiger partial charge in [0.25, 0.3) is 0 Å². The molecule has 0 bridgehead atoms. The molecule has 3 aromatic rings. The van der Waals surface area contributed by atoms with E-state index in [0.717, 1.165) is 42.2 Å². The summed E-state index contributed by atoms with van der Waals surface area (Å²) in [6.45, 7) is 16.5. The van der Waals surface area contributed by atoms with Crippen LogP contribution in [0.15, 0.2) is 36.4 Å². The number of rotatable bonds is 9. The third kappa shape index (κ3) is 7.53. The zero-order chi connectivity index (χ0) is 23.2. The summed E-state index contributed by atoms with van der Waals surface area (Å²) >= 11 is 0. The third-order valence-corrected chi connectivity index (χ3v) is 6.70. The van der Waals surface area contributed by atoms with Crippen molar-refractivity contribution in [2.24, 2.45) is 0 Å². The number of imidazole rings is 1. The number of aryl methyl sites for hydroxylation is 3. The Morgan fingerprint density at radius 3 is 2.26 bits per heavy atom. The number of unbranched alkanes of at least 4 members (excludes halogenated alkanes) is 1. The van der Waals surface area contributed by atoms with Crippen molar-refractivity contribution >= 4 is 42.1 Å². The van der Waals surface area contributed by atoms with Crippen molar-refractivity contribution in [3.63, 3.8) is 0 Å². The highest BCUT2D eigenvalue weighted by Gasteiger charge is 2.15. The smallest absolute Gasteiger partial charge is 0.160 e. The molecule has 0 amide bonds. The van der Waals surface area contributed by atoms with Crippen LogP contribution in [-0.4, -0.2) is 63.6 Å². The van der Waals surface area contributed by atoms with Crippen LogP contribution in [0.1, 0.15) is 54.9 Å². The normalized spacial score (nSPS) is 14.9. The summed E-state index contributed by atoms with van der Waals surface area (Å²) in [5.41, 5.74) is 6.83. The molecule has 2 aromatic heterocycles. The minimum Gasteiger partial charge on any atom is -0.308 e. The summed E-state index contributed by atoms with van der Waals surface area (Å²) in [7, 11) is 0. The zero-order valence-corrected chi connectivity index (χ0v) is 23.3. The van der Waals surface area contributed by atoms with E-state index in [1.165, 1.54) is 62.3 Å². The Kier molecular flexibility index (Phi) is 11.7. The molecule has 1 aliphatic heterocycles. The van der Waals surface area contributed by atoms with Crippen LogP contribution in [0.4, 0.5) is 0 Å². The lowest BCUT2D eigenvalue weighted by Gasteiger charge is -2.34. The fourth-order valence-corrected chi connectivity index (χ4v) is 4.72. The molecular weight excluding hydrogens is 477 g/mol. The van der Waals surface area contributed by atoms with E-state index in [1.807, 2.05) is 0 Å². The van der Waals surface area contributed by atoms with Crippen molar-refractivity contribution in [3.05, 3.63) is 64.6 Å². The maximum atomic E-state index is 4.87. The van der Waals surface area contributed by atoms with E-state index < -0.39 is 0 Å². The van der Waals surface area contributed by atoms with Crippen LogP contribution in [0.3, 0.4) is 0 Å². The quantitative estimate of drug-likeness (QED) is 0.352. The summed E-state index contributed by atoms with van der Waals surface area (Å²) in [5.74, 6) is 1.10. The van der Waals surface area contributed by atoms with Gasteiger partial charge in [-0.1, -0.05) is 56.7 Å². The molecule has 0 spiro atoms. The number of nitrogens with zero attached hydrogens (tertiary/aromatic N) is 5. The van der Waals surface area contributed by atoms with Crippen LogP contribution >= 0.6 is 24.8 Å². The number of aromatic nitrogens is 3. The number of fused-ring (bicyclic) bond motifs is 1. The van der Waals surface area contributed by atoms with Crippen molar-refractivity contribution in [1.82, 2.24) is 24.3 Å². The lowest BCUT2D eigenvalue weighted by Crippen LogP contribution is -2.46. The average molecular weight is 519 g/mol. The monoisotopic (exact) mass is 517 g/mol. The van der Waals surface area contributed by atoms with Gasteiger partial charge in [-0.3, -0.25) is 4.90 Å². The van der Waals surface area contributed by atoms with E-state index in [0.29, 0.717) is 0 Å². The van der Waals surface area contributed by atoms with Crippen LogP contribution in [-0.2, 0) is 13.0 Å². The Bertz CT molecular complexity index is 1080. The molecule has 5 nitrogen and oxygen atoms in total. The molecule has 0 radical (unpaired) electrons. The zero-order valence-electron chi connectivity index (χ0n) is 21.7. The van der Waals surface area contributed by atoms with Gasteiger partial charge in [0.05, 0.1) is 6.54 Å². The highest BCUT2D eigenvalue weighted by molar-refractivity contribution is 5.85. The highest BCUT2D eigenvalue weighted by Crippen LogP contribution is 2.21. The predicted octanol–water partition coefficient (Wildman–Crippen LogP) is 5.93. The molecule has 1 aromatic carbocycles. The van der Waals surface area contributed by atoms with Crippen LogP contribution < -0.4 is 0 Å². The van der Waals surface area contributed by atoms with Crippen molar-refractivity contribution in [2.75, 3.05) is 39.3 Å². The summed E-state index contributed by atoms with van der Waals surface area (Å²) < 4.78 is 2.28. The van der Waals surface area contributed by atoms with Crippen molar-refractivity contribution in [1.29, 1.82) is 0 Å². The van der Waals surface area contributed by atoms with Gasteiger partial charge in [0.2, 0.25) is 0 Å². The second kappa shape index (κ2) is 14.0. The average Bonchev–Trinajstić information content (AvgIpc) is 3.17. The summed E-state index contributed by atoms with van der Waals surface area (Å²) in [6, 6.07) is 11.0. The first-order valence-electron chi connectivity index (χ1n) is 12.6. The summed E-state index contributed by atoms with van der Waals surface area (Å²) in [5, 5.41) is 0. The number of halogens is 2. The van der Waals surface area contributed by atoms with Gasteiger partial charge in [0.15, 0.2) is 5.65 Å². The van der Waals surface area contributed by atoms with E-state index >= 15 is 0 Å². The first-order chi connectivity index (χ1) is 16.1. The molecule has 4 rings (SSSR count). The molecule has 192 valence electrons. The minimum absolute atomic E-state index is 0. The van der Waals surface area contributed by atoms with E-state index in [4.69, 9.17) is 9.97 Å². The molecule has 1 fully saturated rings. The number of benzene rings is 1. The Morgan fingerprint density at radius 1 is 0.914 bits per heavy atom. The highest BCUT2D eigenvalue weighted by atomic mass is 35.5. The van der Waals surface area contributed by atoms with Crippen molar-refractivity contribution in [2.45, 2.75) is 53.5 Å². The van der Waals surface area contributed by atoms with E-state index in [9.17, 15) is 0 Å². The number of piperazine rings is 1. The molecule has 0 atom stereocenters. The van der Waals surface area contributed by atoms with Crippen molar-refractivity contribution < 1.29 is 0 Å². The molecule has 0 aliphatic carbocycles. The fraction of sp³-hybridized carbons (Fsp3) is 0.500. The molecule has 0 unspecified atom stereocenters. The lowest BCUT2D eigenvalue weighted by molar-refractivity contribution is 0.141. The number of hydrogen-bond acceptors (Lipinski definition) is 4. The van der Waals surface area contributed by atoms with E-state index in [-0.39, 0.29) is 24.8 Å². The first kappa shape index (κ1) is 29.3. The van der Waals surface area contributed by atoms with Gasteiger partial charge in [-0.05, 0) is 49.6 Å². The minimum atomic E-state index is 0. The maximum absolute atomic E-state index is 4.87. The van der Waals surface area contributed by atoms with Gasteiger partial charge in [-0.2, -0.15) is 0 Å². The Hall–Kier alpha value is -1.92. The van der Waals surface area contributed by atoms with Crippen LogP contribution in [0, 0.1) is 13.8 Å². The van der Waals surface area contributed by atoms with Crippen LogP contribution in [0.2, 0.25) is 0 Å². The number of hydrogen-bond donors (Lipinski definition) is 0. The summed E-state index contributed by atoms with van der Waals surface area (Å²) in [4.78, 5) is 14.8. The molecule has 0 N–H and O–H groups in total. The van der Waals surface area contributed by atoms with Gasteiger partial charge in [0, 0.05) is 44.8 Å². The van der Waals surface area contributed by atoms with Gasteiger partial charge < -0.3 is 9.47 Å². The molecule has 1 aliphatic rings. The topological polar surface area (TPSA) is 37.2 Å². The first-order valence-corrected chi connectivity index (χ1v) is 12.6. The lowest BCUT2D eigenvalue weighted by atomic mass is 10.1. The van der Waals surface area contributed by atoms with Gasteiger partial charge in [0.1, 0.15) is 11.3 Å². The second-order valence-corrected chi connectivity index (χ2v) is 9.36. The Labute approximate surface area is 223 Å². The predicted molar refractivity (Wildman–Crippen MR) is 153 cm³/mol. The molecule has 7 heteroatoms. The number of pyridine rings is 1. The maximum Gasteiger partial charge on any atom is 0.160 e. The van der Waals surface area contributed by atoms with Gasteiger partial charge >= 0.3 is 0 Å². The second-order valence-electron chi connectivity index (χ2n) is 9.36. The fourth-order valence-electron chi connectivity index (χ4n) is 4.72. The summed E-state index contributed by atoms with van der Waals surface area (Å²) in [6.07, 6.45) is 8.08. The molecule has 1 saturated heterocycles.